The number of hydrogen-bond donors (Lipinski definition) is 0. The van der Waals surface area contributed by atoms with Crippen molar-refractivity contribution in [2.45, 2.75) is 45.1 Å². The lowest BCUT2D eigenvalue weighted by Crippen LogP contribution is -2.28. The second kappa shape index (κ2) is 7.91. The minimum atomic E-state index is 0.494. The molecule has 1 saturated heterocycles. The van der Waals surface area contributed by atoms with Crippen LogP contribution in [0.2, 0.25) is 0 Å². The van der Waals surface area contributed by atoms with Crippen molar-refractivity contribution in [2.75, 3.05) is 11.4 Å². The molecule has 0 bridgehead atoms. The average Bonchev–Trinajstić information content (AvgIpc) is 3.10. The van der Waals surface area contributed by atoms with Crippen molar-refractivity contribution in [1.82, 2.24) is 9.97 Å². The molecule has 0 radical (unpaired) electrons. The number of benzene rings is 2. The first kappa shape index (κ1) is 17.7. The largest absolute Gasteiger partial charge is 0.353 e. The van der Waals surface area contributed by atoms with Crippen LogP contribution in [0.25, 0.3) is 0 Å². The summed E-state index contributed by atoms with van der Waals surface area (Å²) < 4.78 is 0. The van der Waals surface area contributed by atoms with Gasteiger partial charge in [0.2, 0.25) is 0 Å². The smallest absolute Gasteiger partial charge is 0.132 e. The standard InChI is InChI=1S/C24H27N3/c1-18-8-11-21(12-9-18)22-16-19(2)27(17-22)24-14-15-25-23(26-24)13-10-20-6-4-3-5-7-20/h3-9,11-12,14-15,19,22H,10,13,16-17H2,1-2H3. The minimum Gasteiger partial charge on any atom is -0.353 e. The van der Waals surface area contributed by atoms with Gasteiger partial charge in [-0.1, -0.05) is 60.2 Å². The summed E-state index contributed by atoms with van der Waals surface area (Å²) in [6.07, 6.45) is 4.94. The highest BCUT2D eigenvalue weighted by atomic mass is 15.2. The molecule has 27 heavy (non-hydrogen) atoms. The molecule has 0 amide bonds. The summed E-state index contributed by atoms with van der Waals surface area (Å²) in [5, 5.41) is 0. The molecular weight excluding hydrogens is 330 g/mol. The average molecular weight is 358 g/mol. The van der Waals surface area contributed by atoms with Crippen LogP contribution >= 0.6 is 0 Å². The van der Waals surface area contributed by atoms with Gasteiger partial charge in [-0.25, -0.2) is 9.97 Å². The van der Waals surface area contributed by atoms with Crippen molar-refractivity contribution in [2.24, 2.45) is 0 Å². The van der Waals surface area contributed by atoms with Crippen molar-refractivity contribution in [3.63, 3.8) is 0 Å². The Morgan fingerprint density at radius 3 is 2.52 bits per heavy atom. The summed E-state index contributed by atoms with van der Waals surface area (Å²) in [5.74, 6) is 2.57. The topological polar surface area (TPSA) is 29.0 Å². The van der Waals surface area contributed by atoms with E-state index in [9.17, 15) is 0 Å². The second-order valence-corrected chi connectivity index (χ2v) is 7.66. The van der Waals surface area contributed by atoms with E-state index in [0.29, 0.717) is 12.0 Å². The molecule has 0 spiro atoms. The maximum Gasteiger partial charge on any atom is 0.132 e. The monoisotopic (exact) mass is 357 g/mol. The Bertz CT molecular complexity index is 874. The van der Waals surface area contributed by atoms with Gasteiger partial charge in [-0.05, 0) is 43.9 Å². The number of rotatable bonds is 5. The van der Waals surface area contributed by atoms with E-state index in [0.717, 1.165) is 31.0 Å². The molecule has 3 aromatic rings. The van der Waals surface area contributed by atoms with Crippen molar-refractivity contribution < 1.29 is 0 Å². The molecular formula is C24H27N3. The van der Waals surface area contributed by atoms with E-state index in [2.05, 4.69) is 84.4 Å². The molecule has 4 rings (SSSR count). The normalized spacial score (nSPS) is 19.4. The fraction of sp³-hybridized carbons (Fsp3) is 0.333. The molecule has 0 N–H and O–H groups in total. The van der Waals surface area contributed by atoms with Gasteiger partial charge in [0.15, 0.2) is 0 Å². The van der Waals surface area contributed by atoms with Gasteiger partial charge >= 0.3 is 0 Å². The highest BCUT2D eigenvalue weighted by molar-refractivity contribution is 5.43. The molecule has 3 nitrogen and oxygen atoms in total. The van der Waals surface area contributed by atoms with Gasteiger partial charge < -0.3 is 4.90 Å². The fourth-order valence-corrected chi connectivity index (χ4v) is 4.00. The van der Waals surface area contributed by atoms with Crippen LogP contribution in [-0.2, 0) is 12.8 Å². The maximum atomic E-state index is 4.88. The van der Waals surface area contributed by atoms with Gasteiger partial charge in [-0.2, -0.15) is 0 Å². The zero-order valence-electron chi connectivity index (χ0n) is 16.2. The third kappa shape index (κ3) is 4.19. The first-order chi connectivity index (χ1) is 13.2. The van der Waals surface area contributed by atoms with Gasteiger partial charge in [0.05, 0.1) is 0 Å². The first-order valence-electron chi connectivity index (χ1n) is 9.88. The predicted octanol–water partition coefficient (Wildman–Crippen LogP) is 4.95. The Hall–Kier alpha value is -2.68. The van der Waals surface area contributed by atoms with Crippen LogP contribution in [0.3, 0.4) is 0 Å². The Labute approximate surface area is 162 Å². The van der Waals surface area contributed by atoms with Gasteiger partial charge in [-0.3, -0.25) is 0 Å². The lowest BCUT2D eigenvalue weighted by atomic mass is 9.96. The highest BCUT2D eigenvalue weighted by Gasteiger charge is 2.31. The van der Waals surface area contributed by atoms with Crippen molar-refractivity contribution in [1.29, 1.82) is 0 Å². The Morgan fingerprint density at radius 2 is 1.74 bits per heavy atom. The quantitative estimate of drug-likeness (QED) is 0.647. The SMILES string of the molecule is Cc1ccc(C2CC(C)N(c3ccnc(CCc4ccccc4)n3)C2)cc1. The molecule has 1 aromatic heterocycles. The van der Waals surface area contributed by atoms with E-state index < -0.39 is 0 Å². The maximum absolute atomic E-state index is 4.88. The summed E-state index contributed by atoms with van der Waals surface area (Å²) in [7, 11) is 0. The number of aromatic nitrogens is 2. The van der Waals surface area contributed by atoms with E-state index in [1.54, 1.807) is 0 Å². The zero-order chi connectivity index (χ0) is 18.6. The van der Waals surface area contributed by atoms with E-state index in [4.69, 9.17) is 4.98 Å². The van der Waals surface area contributed by atoms with Gasteiger partial charge in [0, 0.05) is 31.1 Å². The van der Waals surface area contributed by atoms with Crippen molar-refractivity contribution >= 4 is 5.82 Å². The van der Waals surface area contributed by atoms with E-state index in [1.807, 2.05) is 6.20 Å². The molecule has 138 valence electrons. The summed E-state index contributed by atoms with van der Waals surface area (Å²) in [4.78, 5) is 11.8. The van der Waals surface area contributed by atoms with Crippen molar-refractivity contribution in [3.8, 4) is 0 Å². The van der Waals surface area contributed by atoms with Gasteiger partial charge in [-0.15, -0.1) is 0 Å². The Kier molecular flexibility index (Phi) is 5.19. The third-order valence-corrected chi connectivity index (χ3v) is 5.59. The van der Waals surface area contributed by atoms with E-state index in [-0.39, 0.29) is 0 Å². The van der Waals surface area contributed by atoms with Gasteiger partial charge in [0.1, 0.15) is 11.6 Å². The third-order valence-electron chi connectivity index (χ3n) is 5.59. The number of hydrogen-bond acceptors (Lipinski definition) is 3. The lowest BCUT2D eigenvalue weighted by molar-refractivity contribution is 0.694. The predicted molar refractivity (Wildman–Crippen MR) is 111 cm³/mol. The molecule has 1 aliphatic rings. The summed E-state index contributed by atoms with van der Waals surface area (Å²) in [6, 6.07) is 22.1. The van der Waals surface area contributed by atoms with E-state index in [1.165, 1.54) is 23.1 Å². The lowest BCUT2D eigenvalue weighted by Gasteiger charge is -2.23. The van der Waals surface area contributed by atoms with E-state index >= 15 is 0 Å². The van der Waals surface area contributed by atoms with Crippen LogP contribution in [0.4, 0.5) is 5.82 Å². The van der Waals surface area contributed by atoms with Gasteiger partial charge in [0.25, 0.3) is 0 Å². The fourth-order valence-electron chi connectivity index (χ4n) is 4.00. The van der Waals surface area contributed by atoms with Crippen LogP contribution in [0, 0.1) is 6.92 Å². The number of nitrogens with zero attached hydrogens (tertiary/aromatic N) is 3. The summed E-state index contributed by atoms with van der Waals surface area (Å²) in [5.41, 5.74) is 4.09. The molecule has 2 unspecified atom stereocenters. The number of aryl methyl sites for hydroxylation is 3. The number of anilines is 1. The molecule has 2 atom stereocenters. The second-order valence-electron chi connectivity index (χ2n) is 7.66. The van der Waals surface area contributed by atoms with Crippen LogP contribution in [0.5, 0.6) is 0 Å². The van der Waals surface area contributed by atoms with Crippen molar-refractivity contribution in [3.05, 3.63) is 89.4 Å². The summed E-state index contributed by atoms with van der Waals surface area (Å²) in [6.45, 7) is 5.48. The van der Waals surface area contributed by atoms with Crippen LogP contribution < -0.4 is 4.90 Å². The molecule has 2 heterocycles. The van der Waals surface area contributed by atoms with Crippen LogP contribution in [0.15, 0.2) is 66.9 Å². The highest BCUT2D eigenvalue weighted by Crippen LogP contribution is 2.34. The summed E-state index contributed by atoms with van der Waals surface area (Å²) >= 11 is 0. The molecule has 1 fully saturated rings. The molecule has 3 heteroatoms. The molecule has 1 aliphatic heterocycles. The van der Waals surface area contributed by atoms with Crippen LogP contribution in [0.1, 0.15) is 41.8 Å². The molecule has 0 saturated carbocycles. The minimum absolute atomic E-state index is 0.494. The zero-order valence-corrected chi connectivity index (χ0v) is 16.2. The van der Waals surface area contributed by atoms with Crippen LogP contribution in [-0.4, -0.2) is 22.6 Å². The molecule has 2 aromatic carbocycles. The molecule has 0 aliphatic carbocycles. The Balaban J connectivity index is 1.45. The first-order valence-corrected chi connectivity index (χ1v) is 9.88. The Morgan fingerprint density at radius 1 is 0.963 bits per heavy atom.